The molecule has 0 spiro atoms. The van der Waals surface area contributed by atoms with Crippen molar-refractivity contribution in [2.75, 3.05) is 13.1 Å². The molecule has 17 heavy (non-hydrogen) atoms. The van der Waals surface area contributed by atoms with Gasteiger partial charge in [-0.25, -0.2) is 0 Å². The van der Waals surface area contributed by atoms with Gasteiger partial charge in [0.15, 0.2) is 0 Å². The van der Waals surface area contributed by atoms with Crippen LogP contribution in [-0.4, -0.2) is 34.7 Å². The van der Waals surface area contributed by atoms with Crippen molar-refractivity contribution in [3.63, 3.8) is 0 Å². The summed E-state index contributed by atoms with van der Waals surface area (Å²) in [6.45, 7) is 2.49. The Morgan fingerprint density at radius 3 is 2.12 bits per heavy atom. The number of nitrogens with zero attached hydrogens (tertiary/aromatic N) is 1. The fourth-order valence-electron chi connectivity index (χ4n) is 2.12. The molecule has 0 unspecified atom stereocenters. The van der Waals surface area contributed by atoms with Crippen LogP contribution in [0, 0.1) is 0 Å². The molecule has 2 aliphatic rings. The molecule has 1 aromatic rings. The van der Waals surface area contributed by atoms with Crippen LogP contribution < -0.4 is 5.73 Å². The SMILES string of the molecule is NC12CCN1CC2.O=C(O)Cc1ccccc1. The van der Waals surface area contributed by atoms with Gasteiger partial charge >= 0.3 is 5.97 Å². The van der Waals surface area contributed by atoms with E-state index in [1.807, 2.05) is 18.2 Å². The van der Waals surface area contributed by atoms with Gasteiger partial charge in [0.05, 0.1) is 12.1 Å². The second kappa shape index (κ2) is 4.85. The zero-order chi connectivity index (χ0) is 12.3. The van der Waals surface area contributed by atoms with E-state index in [1.165, 1.54) is 25.9 Å². The van der Waals surface area contributed by atoms with Crippen LogP contribution in [0.2, 0.25) is 0 Å². The standard InChI is InChI=1S/C8H8O2.C5H10N2/c9-8(10)6-7-4-2-1-3-5-7;6-5-1-3-7(5)4-2-5/h1-5H,6H2,(H,9,10);1-4,6H2. The lowest BCUT2D eigenvalue weighted by atomic mass is 9.83. The number of piperidine rings is 1. The minimum atomic E-state index is -0.786. The molecule has 0 aromatic heterocycles. The van der Waals surface area contributed by atoms with Crippen LogP contribution in [0.25, 0.3) is 0 Å². The zero-order valence-electron chi connectivity index (χ0n) is 9.80. The molecule has 4 heteroatoms. The lowest BCUT2D eigenvalue weighted by Crippen LogP contribution is -2.74. The third kappa shape index (κ3) is 2.84. The molecule has 2 aliphatic heterocycles. The van der Waals surface area contributed by atoms with E-state index in [0.29, 0.717) is 0 Å². The highest BCUT2D eigenvalue weighted by Crippen LogP contribution is 2.36. The van der Waals surface area contributed by atoms with Gasteiger partial charge in [0.2, 0.25) is 0 Å². The lowest BCUT2D eigenvalue weighted by Gasteiger charge is -2.59. The van der Waals surface area contributed by atoms with Gasteiger partial charge in [-0.2, -0.15) is 0 Å². The molecule has 4 nitrogen and oxygen atoms in total. The minimum Gasteiger partial charge on any atom is -0.481 e. The van der Waals surface area contributed by atoms with Crippen LogP contribution in [-0.2, 0) is 11.2 Å². The Balaban J connectivity index is 0.000000134. The van der Waals surface area contributed by atoms with Gasteiger partial charge in [-0.3, -0.25) is 9.69 Å². The predicted octanol–water partition coefficient (Wildman–Crippen LogP) is 1.06. The molecule has 2 heterocycles. The fourth-order valence-corrected chi connectivity index (χ4v) is 2.12. The Kier molecular flexibility index (Phi) is 3.45. The van der Waals surface area contributed by atoms with E-state index in [9.17, 15) is 4.79 Å². The average molecular weight is 234 g/mol. The van der Waals surface area contributed by atoms with Crippen LogP contribution in [0.4, 0.5) is 0 Å². The molecule has 0 aliphatic carbocycles. The molecule has 0 saturated carbocycles. The number of hydrogen-bond donors (Lipinski definition) is 2. The molecule has 2 fully saturated rings. The van der Waals surface area contributed by atoms with Crippen molar-refractivity contribution < 1.29 is 9.90 Å². The van der Waals surface area contributed by atoms with E-state index in [2.05, 4.69) is 4.90 Å². The Hall–Kier alpha value is -1.39. The van der Waals surface area contributed by atoms with E-state index in [-0.39, 0.29) is 12.1 Å². The first-order chi connectivity index (χ1) is 8.10. The maximum absolute atomic E-state index is 10.2. The molecule has 2 saturated heterocycles. The van der Waals surface area contributed by atoms with E-state index in [4.69, 9.17) is 10.8 Å². The molecule has 3 rings (SSSR count). The number of carbonyl (C=O) groups is 1. The maximum atomic E-state index is 10.2. The van der Waals surface area contributed by atoms with Gasteiger partial charge in [0.25, 0.3) is 0 Å². The van der Waals surface area contributed by atoms with Gasteiger partial charge < -0.3 is 10.8 Å². The van der Waals surface area contributed by atoms with Crippen LogP contribution in [0.15, 0.2) is 30.3 Å². The van der Waals surface area contributed by atoms with E-state index >= 15 is 0 Å². The summed E-state index contributed by atoms with van der Waals surface area (Å²) in [7, 11) is 0. The Morgan fingerprint density at radius 1 is 1.29 bits per heavy atom. The minimum absolute atomic E-state index is 0.112. The Labute approximate surface area is 101 Å². The first-order valence-electron chi connectivity index (χ1n) is 5.90. The Morgan fingerprint density at radius 2 is 1.82 bits per heavy atom. The predicted molar refractivity (Wildman–Crippen MR) is 65.5 cm³/mol. The molecule has 0 bridgehead atoms. The van der Waals surface area contributed by atoms with Crippen molar-refractivity contribution in [1.82, 2.24) is 4.90 Å². The van der Waals surface area contributed by atoms with Gasteiger partial charge in [-0.1, -0.05) is 30.3 Å². The largest absolute Gasteiger partial charge is 0.481 e. The highest BCUT2D eigenvalue weighted by molar-refractivity contribution is 5.70. The van der Waals surface area contributed by atoms with Crippen LogP contribution >= 0.6 is 0 Å². The van der Waals surface area contributed by atoms with E-state index < -0.39 is 5.97 Å². The number of benzene rings is 1. The summed E-state index contributed by atoms with van der Waals surface area (Å²) in [5.41, 5.74) is 6.81. The van der Waals surface area contributed by atoms with Crippen molar-refractivity contribution in [1.29, 1.82) is 0 Å². The molecule has 1 aromatic carbocycles. The summed E-state index contributed by atoms with van der Waals surface area (Å²) in [6, 6.07) is 9.13. The lowest BCUT2D eigenvalue weighted by molar-refractivity contribution is -0.136. The summed E-state index contributed by atoms with van der Waals surface area (Å²) in [5, 5.41) is 8.37. The molecule has 0 radical (unpaired) electrons. The zero-order valence-corrected chi connectivity index (χ0v) is 9.80. The van der Waals surface area contributed by atoms with Gasteiger partial charge in [-0.05, 0) is 18.4 Å². The summed E-state index contributed by atoms with van der Waals surface area (Å²) in [5.74, 6) is -0.786. The van der Waals surface area contributed by atoms with Crippen molar-refractivity contribution in [2.24, 2.45) is 5.73 Å². The van der Waals surface area contributed by atoms with Crippen LogP contribution in [0.1, 0.15) is 18.4 Å². The van der Waals surface area contributed by atoms with Crippen molar-refractivity contribution in [3.05, 3.63) is 35.9 Å². The monoisotopic (exact) mass is 234 g/mol. The fraction of sp³-hybridized carbons (Fsp3) is 0.462. The molecule has 0 amide bonds. The van der Waals surface area contributed by atoms with E-state index in [0.717, 1.165) is 5.56 Å². The van der Waals surface area contributed by atoms with Crippen molar-refractivity contribution >= 4 is 5.97 Å². The Bertz CT molecular complexity index is 384. The smallest absolute Gasteiger partial charge is 0.307 e. The number of carboxylic acid groups (broad SMARTS) is 1. The number of rotatable bonds is 2. The second-order valence-electron chi connectivity index (χ2n) is 4.65. The van der Waals surface area contributed by atoms with Crippen molar-refractivity contribution in [3.8, 4) is 0 Å². The molecule has 0 atom stereocenters. The number of aliphatic carboxylic acids is 1. The highest BCUT2D eigenvalue weighted by atomic mass is 16.4. The highest BCUT2D eigenvalue weighted by Gasteiger charge is 2.48. The first-order valence-corrected chi connectivity index (χ1v) is 5.90. The van der Waals surface area contributed by atoms with Crippen LogP contribution in [0.5, 0.6) is 0 Å². The van der Waals surface area contributed by atoms with Gasteiger partial charge in [-0.15, -0.1) is 0 Å². The quantitative estimate of drug-likeness (QED) is 0.803. The van der Waals surface area contributed by atoms with Gasteiger partial charge in [0, 0.05) is 13.1 Å². The van der Waals surface area contributed by atoms with Gasteiger partial charge in [0.1, 0.15) is 0 Å². The summed E-state index contributed by atoms with van der Waals surface area (Å²) < 4.78 is 0. The number of hydrogen-bond acceptors (Lipinski definition) is 3. The first kappa shape index (κ1) is 12.1. The maximum Gasteiger partial charge on any atom is 0.307 e. The number of carboxylic acids is 1. The third-order valence-corrected chi connectivity index (χ3v) is 3.46. The van der Waals surface area contributed by atoms with Crippen LogP contribution in [0.3, 0.4) is 0 Å². The van der Waals surface area contributed by atoms with Crippen molar-refractivity contribution in [2.45, 2.75) is 24.9 Å². The topological polar surface area (TPSA) is 66.6 Å². The summed E-state index contributed by atoms with van der Waals surface area (Å²) in [6.07, 6.45) is 2.57. The number of fused-ring (bicyclic) bond motifs is 1. The number of nitrogens with two attached hydrogens (primary N) is 1. The third-order valence-electron chi connectivity index (χ3n) is 3.46. The molecular weight excluding hydrogens is 216 g/mol. The molecular formula is C13H18N2O2. The normalized spacial score (nSPS) is 20.1. The summed E-state index contributed by atoms with van der Waals surface area (Å²) in [4.78, 5) is 12.5. The molecule has 92 valence electrons. The average Bonchev–Trinajstić information content (AvgIpc) is 2.30. The molecule has 3 N–H and O–H groups in total. The second-order valence-corrected chi connectivity index (χ2v) is 4.65. The summed E-state index contributed by atoms with van der Waals surface area (Å²) >= 11 is 0. The van der Waals surface area contributed by atoms with E-state index in [1.54, 1.807) is 12.1 Å².